The van der Waals surface area contributed by atoms with Crippen LogP contribution in [-0.2, 0) is 0 Å². The summed E-state index contributed by atoms with van der Waals surface area (Å²) in [6, 6.07) is 5.94. The van der Waals surface area contributed by atoms with E-state index in [0.29, 0.717) is 12.0 Å². The molecule has 1 aromatic heterocycles. The number of halogens is 2. The molecule has 0 aliphatic carbocycles. The second-order valence-electron chi connectivity index (χ2n) is 4.88. The summed E-state index contributed by atoms with van der Waals surface area (Å²) in [4.78, 5) is 16.4. The predicted octanol–water partition coefficient (Wildman–Crippen LogP) is 3.60. The largest absolute Gasteiger partial charge is 0.384 e. The van der Waals surface area contributed by atoms with Crippen LogP contribution in [0.1, 0.15) is 42.3 Å². The molecule has 0 fully saturated rings. The highest BCUT2D eigenvalue weighted by Gasteiger charge is 2.23. The third kappa shape index (κ3) is 3.10. The minimum atomic E-state index is -0.601. The van der Waals surface area contributed by atoms with Gasteiger partial charge in [0.1, 0.15) is 11.6 Å². The molecule has 0 unspecified atom stereocenters. The van der Waals surface area contributed by atoms with Crippen LogP contribution in [0.5, 0.6) is 0 Å². The van der Waals surface area contributed by atoms with Gasteiger partial charge in [-0.05, 0) is 31.7 Å². The first-order valence-electron chi connectivity index (χ1n) is 6.91. The molecule has 6 heteroatoms. The van der Waals surface area contributed by atoms with Gasteiger partial charge < -0.3 is 11.1 Å². The summed E-state index contributed by atoms with van der Waals surface area (Å²) < 4.78 is 14.8. The van der Waals surface area contributed by atoms with Gasteiger partial charge in [0.2, 0.25) is 0 Å². The third-order valence-corrected chi connectivity index (χ3v) is 3.84. The molecule has 0 spiro atoms. The second kappa shape index (κ2) is 6.85. The van der Waals surface area contributed by atoms with Gasteiger partial charge in [-0.3, -0.25) is 4.79 Å². The predicted molar refractivity (Wildman–Crippen MR) is 87.7 cm³/mol. The summed E-state index contributed by atoms with van der Waals surface area (Å²) in [6.45, 7) is 1.93. The first-order chi connectivity index (χ1) is 10.5. The number of benzene rings is 1. The Labute approximate surface area is 135 Å². The molecule has 0 saturated heterocycles. The number of aromatic nitrogens is 1. The zero-order chi connectivity index (χ0) is 16.3. The fourth-order valence-electron chi connectivity index (χ4n) is 2.31. The zero-order valence-electron chi connectivity index (χ0n) is 12.4. The van der Waals surface area contributed by atoms with Gasteiger partial charge in [0, 0.05) is 24.8 Å². The molecule has 4 nitrogen and oxygen atoms in total. The van der Waals surface area contributed by atoms with E-state index < -0.39 is 11.6 Å². The molecule has 0 saturated carbocycles. The van der Waals surface area contributed by atoms with Crippen LogP contribution < -0.4 is 11.1 Å². The van der Waals surface area contributed by atoms with Crippen LogP contribution >= 0.6 is 11.6 Å². The number of pyridine rings is 1. The lowest BCUT2D eigenvalue weighted by Gasteiger charge is -2.17. The average molecular weight is 324 g/mol. The second-order valence-corrected chi connectivity index (χ2v) is 5.28. The maximum atomic E-state index is 14.8. The quantitative estimate of drug-likeness (QED) is 0.825. The van der Waals surface area contributed by atoms with E-state index in [1.54, 1.807) is 13.1 Å². The Bertz CT molecular complexity index is 690. The summed E-state index contributed by atoms with van der Waals surface area (Å²) in [5, 5.41) is 3.10. The van der Waals surface area contributed by atoms with Crippen LogP contribution in [0, 0.1) is 5.82 Å². The number of carbonyl (C=O) groups excluding carboxylic acids is 1. The van der Waals surface area contributed by atoms with E-state index in [0.717, 1.165) is 0 Å². The van der Waals surface area contributed by atoms with Gasteiger partial charge >= 0.3 is 0 Å². The Morgan fingerprint density at radius 3 is 2.73 bits per heavy atom. The Balaban J connectivity index is 0.00000264. The minimum absolute atomic E-state index is 0. The highest BCUT2D eigenvalue weighted by molar-refractivity contribution is 6.35. The minimum Gasteiger partial charge on any atom is -0.384 e. The molecule has 2 aromatic rings. The summed E-state index contributed by atoms with van der Waals surface area (Å²) in [7, 11) is 1.74. The fourth-order valence-corrected chi connectivity index (χ4v) is 2.54. The van der Waals surface area contributed by atoms with Gasteiger partial charge in [-0.2, -0.15) is 0 Å². The number of anilines is 1. The molecule has 3 N–H and O–H groups in total. The highest BCUT2D eigenvalue weighted by Crippen LogP contribution is 2.29. The molecule has 118 valence electrons. The Kier molecular flexibility index (Phi) is 5.11. The van der Waals surface area contributed by atoms with E-state index in [9.17, 15) is 9.18 Å². The van der Waals surface area contributed by atoms with Crippen LogP contribution in [0.2, 0.25) is 5.02 Å². The van der Waals surface area contributed by atoms with E-state index in [1.165, 1.54) is 24.4 Å². The Morgan fingerprint density at radius 1 is 1.45 bits per heavy atom. The third-order valence-electron chi connectivity index (χ3n) is 3.53. The van der Waals surface area contributed by atoms with Crippen LogP contribution in [0.15, 0.2) is 30.5 Å². The van der Waals surface area contributed by atoms with E-state index >= 15 is 0 Å². The summed E-state index contributed by atoms with van der Waals surface area (Å²) in [6.07, 6.45) is 2.00. The molecule has 0 aliphatic rings. The standard InChI is InChI=1S/C16H17ClFN3O.H2/c1-3-12(20-2)10-5-6-11(17)14(15(10)18)16(22)9-4-7-13(19)21-8-9;/h4-8,12,20H,3H2,1-2H3,(H2,19,21);1H/t12-;/m1./s1. The lowest BCUT2D eigenvalue weighted by molar-refractivity contribution is 0.103. The van der Waals surface area contributed by atoms with Gasteiger partial charge in [-0.25, -0.2) is 9.37 Å². The van der Waals surface area contributed by atoms with E-state index in [2.05, 4.69) is 10.3 Å². The van der Waals surface area contributed by atoms with Crippen molar-refractivity contribution < 1.29 is 10.6 Å². The van der Waals surface area contributed by atoms with E-state index in [4.69, 9.17) is 17.3 Å². The Morgan fingerprint density at radius 2 is 2.18 bits per heavy atom. The summed E-state index contributed by atoms with van der Waals surface area (Å²) in [5.74, 6) is -0.823. The molecular weight excluding hydrogens is 305 g/mol. The number of carbonyl (C=O) groups is 1. The lowest BCUT2D eigenvalue weighted by Crippen LogP contribution is -2.18. The maximum absolute atomic E-state index is 14.8. The normalized spacial score (nSPS) is 12.2. The topological polar surface area (TPSA) is 68.0 Å². The van der Waals surface area contributed by atoms with Crippen LogP contribution in [0.25, 0.3) is 0 Å². The number of hydrogen-bond acceptors (Lipinski definition) is 4. The van der Waals surface area contributed by atoms with Crippen molar-refractivity contribution in [2.45, 2.75) is 19.4 Å². The summed E-state index contributed by atoms with van der Waals surface area (Å²) >= 11 is 6.04. The molecule has 0 radical (unpaired) electrons. The fraction of sp³-hybridized carbons (Fsp3) is 0.250. The molecule has 1 aromatic carbocycles. The first-order valence-corrected chi connectivity index (χ1v) is 7.28. The van der Waals surface area contributed by atoms with Crippen molar-refractivity contribution in [1.29, 1.82) is 0 Å². The van der Waals surface area contributed by atoms with Gasteiger partial charge in [0.15, 0.2) is 5.78 Å². The van der Waals surface area contributed by atoms with Crippen molar-refractivity contribution in [3.8, 4) is 0 Å². The van der Waals surface area contributed by atoms with Crippen molar-refractivity contribution in [3.63, 3.8) is 0 Å². The van der Waals surface area contributed by atoms with Crippen LogP contribution in [0.3, 0.4) is 0 Å². The molecule has 0 bridgehead atoms. The number of nitrogens with one attached hydrogen (secondary N) is 1. The highest BCUT2D eigenvalue weighted by atomic mass is 35.5. The number of hydrogen-bond donors (Lipinski definition) is 2. The monoisotopic (exact) mass is 323 g/mol. The van der Waals surface area contributed by atoms with Crippen molar-refractivity contribution in [3.05, 3.63) is 58.0 Å². The molecule has 0 aliphatic heterocycles. The molecular formula is C16H19ClFN3O. The van der Waals surface area contributed by atoms with Crippen LogP contribution in [-0.4, -0.2) is 17.8 Å². The number of ketones is 1. The molecule has 2 rings (SSSR count). The zero-order valence-corrected chi connectivity index (χ0v) is 13.1. The van der Waals surface area contributed by atoms with Gasteiger partial charge in [0.05, 0.1) is 10.6 Å². The van der Waals surface area contributed by atoms with E-state index in [1.807, 2.05) is 6.92 Å². The average Bonchev–Trinajstić information content (AvgIpc) is 2.51. The molecule has 1 atom stereocenters. The van der Waals surface area contributed by atoms with E-state index in [-0.39, 0.29) is 29.4 Å². The van der Waals surface area contributed by atoms with Crippen molar-refractivity contribution in [1.82, 2.24) is 10.3 Å². The first kappa shape index (κ1) is 16.4. The number of rotatable bonds is 5. The Hall–Kier alpha value is -1.98. The molecule has 0 amide bonds. The van der Waals surface area contributed by atoms with Gasteiger partial charge in [-0.15, -0.1) is 0 Å². The van der Waals surface area contributed by atoms with Crippen molar-refractivity contribution >= 4 is 23.2 Å². The van der Waals surface area contributed by atoms with Crippen molar-refractivity contribution in [2.75, 3.05) is 12.8 Å². The lowest BCUT2D eigenvalue weighted by atomic mass is 9.97. The number of nitrogen functional groups attached to an aromatic ring is 1. The van der Waals surface area contributed by atoms with Crippen LogP contribution in [0.4, 0.5) is 10.2 Å². The SMILES string of the molecule is CC[C@@H](NC)c1ccc(Cl)c(C(=O)c2ccc(N)nc2)c1F.[HH]. The molecule has 22 heavy (non-hydrogen) atoms. The van der Waals surface area contributed by atoms with Crippen molar-refractivity contribution in [2.24, 2.45) is 0 Å². The maximum Gasteiger partial charge on any atom is 0.199 e. The number of nitrogens with zero attached hydrogens (tertiary/aromatic N) is 1. The summed E-state index contributed by atoms with van der Waals surface area (Å²) in [5.41, 5.74) is 6.01. The van der Waals surface area contributed by atoms with Gasteiger partial charge in [0.25, 0.3) is 0 Å². The number of nitrogens with two attached hydrogens (primary N) is 1. The smallest absolute Gasteiger partial charge is 0.199 e. The van der Waals surface area contributed by atoms with Gasteiger partial charge in [-0.1, -0.05) is 24.6 Å². The molecule has 1 heterocycles.